The molecule has 2 aliphatic rings. The van der Waals surface area contributed by atoms with Gasteiger partial charge in [-0.2, -0.15) is 0 Å². The molecule has 1 aliphatic heterocycles. The van der Waals surface area contributed by atoms with Gasteiger partial charge in [0.25, 0.3) is 0 Å². The fraction of sp³-hybridized carbons (Fsp3) is 0.625. The number of anilines is 2. The van der Waals surface area contributed by atoms with Crippen molar-refractivity contribution in [3.63, 3.8) is 0 Å². The van der Waals surface area contributed by atoms with E-state index < -0.39 is 0 Å². The third-order valence-electron chi connectivity index (χ3n) is 4.20. The minimum Gasteiger partial charge on any atom is -0.371 e. The topological polar surface area (TPSA) is 18.5 Å². The van der Waals surface area contributed by atoms with Crippen LogP contribution in [0.25, 0.3) is 0 Å². The maximum Gasteiger partial charge on any atom is 0.0604 e. The molecule has 1 N–H and O–H groups in total. The number of fused-ring (bicyclic) bond motifs is 1. The lowest BCUT2D eigenvalue weighted by atomic mass is 10.1. The van der Waals surface area contributed by atoms with Crippen LogP contribution in [0.1, 0.15) is 19.8 Å². The lowest BCUT2D eigenvalue weighted by molar-refractivity contribution is 0.499. The summed E-state index contributed by atoms with van der Waals surface area (Å²) in [6.07, 6.45) is 2.76. The van der Waals surface area contributed by atoms with E-state index in [0.717, 1.165) is 32.2 Å². The van der Waals surface area contributed by atoms with Crippen LogP contribution in [0.3, 0.4) is 0 Å². The first-order chi connectivity index (χ1) is 9.24. The predicted octanol–water partition coefficient (Wildman–Crippen LogP) is 2.33. The van der Waals surface area contributed by atoms with Crippen molar-refractivity contribution in [2.75, 3.05) is 43.0 Å². The van der Waals surface area contributed by atoms with E-state index >= 15 is 0 Å². The Morgan fingerprint density at radius 2 is 1.95 bits per heavy atom. The lowest BCUT2D eigenvalue weighted by Crippen LogP contribution is -2.42. The van der Waals surface area contributed by atoms with Gasteiger partial charge in [-0.25, -0.2) is 0 Å². The van der Waals surface area contributed by atoms with E-state index in [1.165, 1.54) is 24.2 Å². The Balaban J connectivity index is 1.62. The van der Waals surface area contributed by atoms with Gasteiger partial charge in [-0.3, -0.25) is 0 Å². The van der Waals surface area contributed by atoms with E-state index in [4.69, 9.17) is 0 Å². The number of para-hydroxylation sites is 2. The molecule has 3 heteroatoms. The Bertz CT molecular complexity index is 428. The minimum atomic E-state index is 0.706. The van der Waals surface area contributed by atoms with Crippen LogP contribution in [0.2, 0.25) is 0 Å². The normalized spacial score (nSPS) is 20.3. The first-order valence-corrected chi connectivity index (χ1v) is 7.52. The highest BCUT2D eigenvalue weighted by atomic mass is 15.3. The van der Waals surface area contributed by atoms with Crippen molar-refractivity contribution >= 4 is 11.4 Å². The molecule has 0 bridgehead atoms. The first kappa shape index (κ1) is 12.8. The van der Waals surface area contributed by atoms with Crippen LogP contribution in [-0.2, 0) is 0 Å². The summed E-state index contributed by atoms with van der Waals surface area (Å²) in [5, 5.41) is 3.64. The van der Waals surface area contributed by atoms with Crippen molar-refractivity contribution in [3.8, 4) is 0 Å². The van der Waals surface area contributed by atoms with Crippen LogP contribution in [0.5, 0.6) is 0 Å². The summed E-state index contributed by atoms with van der Waals surface area (Å²) in [5.41, 5.74) is 2.77. The molecule has 1 aromatic carbocycles. The molecule has 104 valence electrons. The predicted molar refractivity (Wildman–Crippen MR) is 82.1 cm³/mol. The smallest absolute Gasteiger partial charge is 0.0604 e. The Kier molecular flexibility index (Phi) is 3.65. The van der Waals surface area contributed by atoms with Crippen molar-refractivity contribution in [3.05, 3.63) is 24.3 Å². The number of likely N-dealkylation sites (N-methyl/N-ethyl adjacent to an activating group) is 1. The van der Waals surface area contributed by atoms with E-state index in [-0.39, 0.29) is 0 Å². The Morgan fingerprint density at radius 3 is 2.68 bits per heavy atom. The second kappa shape index (κ2) is 5.41. The Hall–Kier alpha value is -1.22. The molecule has 0 amide bonds. The third-order valence-corrected chi connectivity index (χ3v) is 4.20. The molecule has 1 atom stereocenters. The zero-order valence-corrected chi connectivity index (χ0v) is 12.1. The van der Waals surface area contributed by atoms with Gasteiger partial charge in [0, 0.05) is 32.7 Å². The summed E-state index contributed by atoms with van der Waals surface area (Å²) < 4.78 is 0. The molecule has 0 saturated heterocycles. The molecule has 1 aliphatic carbocycles. The highest BCUT2D eigenvalue weighted by molar-refractivity contribution is 5.73. The summed E-state index contributed by atoms with van der Waals surface area (Å²) in [6.45, 7) is 6.93. The van der Waals surface area contributed by atoms with Crippen LogP contribution >= 0.6 is 0 Å². The van der Waals surface area contributed by atoms with Gasteiger partial charge in [0.1, 0.15) is 0 Å². The van der Waals surface area contributed by atoms with Gasteiger partial charge < -0.3 is 15.1 Å². The van der Waals surface area contributed by atoms with Crippen LogP contribution in [0.15, 0.2) is 24.3 Å². The molecular formula is C16H25N3. The fourth-order valence-electron chi connectivity index (χ4n) is 2.85. The molecule has 0 aromatic heterocycles. The lowest BCUT2D eigenvalue weighted by Gasteiger charge is -2.38. The molecule has 0 spiro atoms. The number of nitrogens with zero attached hydrogens (tertiary/aromatic N) is 2. The van der Waals surface area contributed by atoms with Crippen LogP contribution in [0.4, 0.5) is 11.4 Å². The zero-order valence-electron chi connectivity index (χ0n) is 12.1. The maximum atomic E-state index is 3.64. The van der Waals surface area contributed by atoms with Gasteiger partial charge in [0.2, 0.25) is 0 Å². The van der Waals surface area contributed by atoms with Gasteiger partial charge in [-0.15, -0.1) is 0 Å². The van der Waals surface area contributed by atoms with Gasteiger partial charge in [0.05, 0.1) is 11.4 Å². The van der Waals surface area contributed by atoms with Crippen molar-refractivity contribution in [2.24, 2.45) is 5.92 Å². The van der Waals surface area contributed by atoms with Crippen molar-refractivity contribution in [1.29, 1.82) is 0 Å². The number of nitrogens with one attached hydrogen (secondary N) is 1. The van der Waals surface area contributed by atoms with Crippen LogP contribution in [-0.4, -0.2) is 39.3 Å². The van der Waals surface area contributed by atoms with Crippen molar-refractivity contribution in [2.45, 2.75) is 25.8 Å². The average molecular weight is 259 g/mol. The van der Waals surface area contributed by atoms with Gasteiger partial charge in [-0.1, -0.05) is 19.1 Å². The summed E-state index contributed by atoms with van der Waals surface area (Å²) in [5.74, 6) is 0.706. The summed E-state index contributed by atoms with van der Waals surface area (Å²) >= 11 is 0. The molecule has 3 rings (SSSR count). The first-order valence-electron chi connectivity index (χ1n) is 7.52. The highest BCUT2D eigenvalue weighted by Crippen LogP contribution is 2.32. The van der Waals surface area contributed by atoms with E-state index in [2.05, 4.69) is 53.4 Å². The molecule has 1 heterocycles. The molecule has 1 fully saturated rings. The van der Waals surface area contributed by atoms with Crippen LogP contribution < -0.4 is 15.1 Å². The Labute approximate surface area is 116 Å². The van der Waals surface area contributed by atoms with Gasteiger partial charge >= 0.3 is 0 Å². The van der Waals surface area contributed by atoms with E-state index in [1.807, 2.05) is 0 Å². The number of benzene rings is 1. The second-order valence-corrected chi connectivity index (χ2v) is 6.14. The standard InChI is InChI=1S/C16H25N3/c1-13(11-17-14-7-8-14)12-19-10-9-18(2)15-5-3-4-6-16(15)19/h3-6,13-14,17H,7-12H2,1-2H3. The average Bonchev–Trinajstić information content (AvgIpc) is 3.24. The van der Waals surface area contributed by atoms with E-state index in [9.17, 15) is 0 Å². The zero-order chi connectivity index (χ0) is 13.2. The van der Waals surface area contributed by atoms with E-state index in [1.54, 1.807) is 0 Å². The van der Waals surface area contributed by atoms with Gasteiger partial charge in [-0.05, 0) is 37.4 Å². The molecule has 3 nitrogen and oxygen atoms in total. The number of rotatable bonds is 5. The van der Waals surface area contributed by atoms with Crippen molar-refractivity contribution in [1.82, 2.24) is 5.32 Å². The highest BCUT2D eigenvalue weighted by Gasteiger charge is 2.23. The second-order valence-electron chi connectivity index (χ2n) is 6.14. The Morgan fingerprint density at radius 1 is 1.21 bits per heavy atom. The van der Waals surface area contributed by atoms with Gasteiger partial charge in [0.15, 0.2) is 0 Å². The molecule has 1 saturated carbocycles. The molecule has 0 radical (unpaired) electrons. The minimum absolute atomic E-state index is 0.706. The quantitative estimate of drug-likeness (QED) is 0.875. The largest absolute Gasteiger partial charge is 0.371 e. The maximum absolute atomic E-state index is 3.64. The fourth-order valence-corrected chi connectivity index (χ4v) is 2.85. The number of hydrogen-bond donors (Lipinski definition) is 1. The van der Waals surface area contributed by atoms with Crippen molar-refractivity contribution < 1.29 is 0 Å². The monoisotopic (exact) mass is 259 g/mol. The third kappa shape index (κ3) is 3.03. The molecule has 1 aromatic rings. The molecule has 1 unspecified atom stereocenters. The van der Waals surface area contributed by atoms with E-state index in [0.29, 0.717) is 5.92 Å². The molecular weight excluding hydrogens is 234 g/mol. The number of hydrogen-bond acceptors (Lipinski definition) is 3. The summed E-state index contributed by atoms with van der Waals surface area (Å²) in [7, 11) is 2.19. The summed E-state index contributed by atoms with van der Waals surface area (Å²) in [4.78, 5) is 4.91. The van der Waals surface area contributed by atoms with Crippen LogP contribution in [0, 0.1) is 5.92 Å². The molecule has 19 heavy (non-hydrogen) atoms. The summed E-state index contributed by atoms with van der Waals surface area (Å²) in [6, 6.07) is 9.59. The SMILES string of the molecule is CC(CNC1CC1)CN1CCN(C)c2ccccc21.